The maximum absolute atomic E-state index is 13.0. The molecule has 0 saturated heterocycles. The smallest absolute Gasteiger partial charge is 0.313 e. The number of nitrogen functional groups attached to an aromatic ring is 1. The molecule has 0 saturated carbocycles. The zero-order valence-corrected chi connectivity index (χ0v) is 8.75. The number of carbonyl (C=O) groups is 1. The summed E-state index contributed by atoms with van der Waals surface area (Å²) >= 11 is 0. The van der Waals surface area contributed by atoms with Crippen molar-refractivity contribution in [2.75, 3.05) is 5.73 Å². The number of rotatable bonds is 3. The molecule has 0 heterocycles. The SMILES string of the molecule is CCC(C)(C(=O)O)c1cc(F)ccc1N. The number of nitrogens with two attached hydrogens (primary N) is 1. The van der Waals surface area contributed by atoms with Gasteiger partial charge in [-0.25, -0.2) is 4.39 Å². The molecule has 0 amide bonds. The maximum atomic E-state index is 13.0. The van der Waals surface area contributed by atoms with Crippen LogP contribution in [0.3, 0.4) is 0 Å². The summed E-state index contributed by atoms with van der Waals surface area (Å²) in [6.45, 7) is 3.28. The van der Waals surface area contributed by atoms with Crippen LogP contribution in [0, 0.1) is 5.82 Å². The molecule has 0 fully saturated rings. The molecule has 1 unspecified atom stereocenters. The first-order valence-electron chi connectivity index (χ1n) is 4.70. The molecule has 0 spiro atoms. The van der Waals surface area contributed by atoms with E-state index in [1.165, 1.54) is 18.2 Å². The molecule has 3 N–H and O–H groups in total. The summed E-state index contributed by atoms with van der Waals surface area (Å²) < 4.78 is 13.0. The summed E-state index contributed by atoms with van der Waals surface area (Å²) in [7, 11) is 0. The molecule has 0 aromatic heterocycles. The highest BCUT2D eigenvalue weighted by Gasteiger charge is 2.35. The van der Waals surface area contributed by atoms with E-state index >= 15 is 0 Å². The van der Waals surface area contributed by atoms with Crippen LogP contribution in [0.25, 0.3) is 0 Å². The largest absolute Gasteiger partial charge is 0.481 e. The monoisotopic (exact) mass is 211 g/mol. The topological polar surface area (TPSA) is 63.3 Å². The van der Waals surface area contributed by atoms with Gasteiger partial charge in [0.05, 0.1) is 5.41 Å². The number of benzene rings is 1. The number of halogens is 1. The van der Waals surface area contributed by atoms with Crippen LogP contribution >= 0.6 is 0 Å². The van der Waals surface area contributed by atoms with E-state index in [0.29, 0.717) is 17.7 Å². The molecule has 1 aromatic carbocycles. The second-order valence-electron chi connectivity index (χ2n) is 3.72. The van der Waals surface area contributed by atoms with Gasteiger partial charge in [-0.3, -0.25) is 4.79 Å². The highest BCUT2D eigenvalue weighted by Crippen LogP contribution is 2.32. The van der Waals surface area contributed by atoms with Crippen molar-refractivity contribution in [1.82, 2.24) is 0 Å². The first kappa shape index (κ1) is 11.5. The van der Waals surface area contributed by atoms with E-state index in [0.717, 1.165) is 0 Å². The Kier molecular flexibility index (Phi) is 2.98. The van der Waals surface area contributed by atoms with Crippen molar-refractivity contribution in [2.45, 2.75) is 25.7 Å². The summed E-state index contributed by atoms with van der Waals surface area (Å²) in [5.41, 5.74) is 5.17. The van der Waals surface area contributed by atoms with E-state index in [9.17, 15) is 9.18 Å². The zero-order chi connectivity index (χ0) is 11.6. The van der Waals surface area contributed by atoms with Gasteiger partial charge in [0.1, 0.15) is 5.82 Å². The Hall–Kier alpha value is -1.58. The third-order valence-corrected chi connectivity index (χ3v) is 2.79. The van der Waals surface area contributed by atoms with E-state index in [2.05, 4.69) is 0 Å². The molecule has 0 aliphatic carbocycles. The molecule has 0 aliphatic rings. The van der Waals surface area contributed by atoms with Crippen molar-refractivity contribution >= 4 is 11.7 Å². The predicted octanol–water partition coefficient (Wildman–Crippen LogP) is 2.16. The molecule has 82 valence electrons. The zero-order valence-electron chi connectivity index (χ0n) is 8.75. The van der Waals surface area contributed by atoms with Gasteiger partial charge in [-0.15, -0.1) is 0 Å². The number of carboxylic acid groups (broad SMARTS) is 1. The lowest BCUT2D eigenvalue weighted by Crippen LogP contribution is -2.32. The average molecular weight is 211 g/mol. The molecule has 3 nitrogen and oxygen atoms in total. The van der Waals surface area contributed by atoms with Gasteiger partial charge in [0.2, 0.25) is 0 Å². The fraction of sp³-hybridized carbons (Fsp3) is 0.364. The number of anilines is 1. The summed E-state index contributed by atoms with van der Waals surface area (Å²) in [6, 6.07) is 3.80. The molecule has 0 aliphatic heterocycles. The lowest BCUT2D eigenvalue weighted by molar-refractivity contribution is -0.143. The Morgan fingerprint density at radius 3 is 2.67 bits per heavy atom. The Morgan fingerprint density at radius 2 is 2.20 bits per heavy atom. The van der Waals surface area contributed by atoms with Crippen LogP contribution in [-0.2, 0) is 10.2 Å². The molecular formula is C11H14FNO2. The van der Waals surface area contributed by atoms with Crippen molar-refractivity contribution in [3.63, 3.8) is 0 Å². The molecule has 1 atom stereocenters. The molecule has 1 aromatic rings. The van der Waals surface area contributed by atoms with Crippen LogP contribution in [0.1, 0.15) is 25.8 Å². The van der Waals surface area contributed by atoms with E-state index in [-0.39, 0.29) is 0 Å². The van der Waals surface area contributed by atoms with Crippen LogP contribution in [-0.4, -0.2) is 11.1 Å². The fourth-order valence-electron chi connectivity index (χ4n) is 1.46. The minimum absolute atomic E-state index is 0.308. The number of hydrogen-bond acceptors (Lipinski definition) is 2. The first-order chi connectivity index (χ1) is 6.91. The predicted molar refractivity (Wildman–Crippen MR) is 56.1 cm³/mol. The molecule has 0 radical (unpaired) electrons. The van der Waals surface area contributed by atoms with Crippen LogP contribution in [0.4, 0.5) is 10.1 Å². The first-order valence-corrected chi connectivity index (χ1v) is 4.70. The molecule has 15 heavy (non-hydrogen) atoms. The van der Waals surface area contributed by atoms with Crippen molar-refractivity contribution < 1.29 is 14.3 Å². The van der Waals surface area contributed by atoms with Gasteiger partial charge in [-0.1, -0.05) is 6.92 Å². The minimum Gasteiger partial charge on any atom is -0.481 e. The van der Waals surface area contributed by atoms with Crippen LogP contribution in [0.5, 0.6) is 0 Å². The Morgan fingerprint density at radius 1 is 1.60 bits per heavy atom. The third kappa shape index (κ3) is 1.93. The Balaban J connectivity index is 3.35. The summed E-state index contributed by atoms with van der Waals surface area (Å²) in [4.78, 5) is 11.1. The van der Waals surface area contributed by atoms with Crippen molar-refractivity contribution in [3.05, 3.63) is 29.6 Å². The number of carboxylic acids is 1. The lowest BCUT2D eigenvalue weighted by atomic mass is 9.79. The van der Waals surface area contributed by atoms with Crippen molar-refractivity contribution in [2.24, 2.45) is 0 Å². The Labute approximate surface area is 87.7 Å². The van der Waals surface area contributed by atoms with E-state index in [4.69, 9.17) is 10.8 Å². The summed E-state index contributed by atoms with van der Waals surface area (Å²) in [5.74, 6) is -1.47. The van der Waals surface area contributed by atoms with Gasteiger partial charge in [0.25, 0.3) is 0 Å². The molecular weight excluding hydrogens is 197 g/mol. The lowest BCUT2D eigenvalue weighted by Gasteiger charge is -2.25. The fourth-order valence-corrected chi connectivity index (χ4v) is 1.46. The normalized spacial score (nSPS) is 14.6. The van der Waals surface area contributed by atoms with E-state index in [1.54, 1.807) is 13.8 Å². The van der Waals surface area contributed by atoms with Gasteiger partial charge < -0.3 is 10.8 Å². The van der Waals surface area contributed by atoms with E-state index < -0.39 is 17.2 Å². The van der Waals surface area contributed by atoms with E-state index in [1.807, 2.05) is 0 Å². The van der Waals surface area contributed by atoms with Gasteiger partial charge in [-0.2, -0.15) is 0 Å². The third-order valence-electron chi connectivity index (χ3n) is 2.79. The second kappa shape index (κ2) is 3.88. The average Bonchev–Trinajstić information content (AvgIpc) is 2.20. The molecule has 1 rings (SSSR count). The standard InChI is InChI=1S/C11H14FNO2/c1-3-11(2,10(14)15)8-6-7(12)4-5-9(8)13/h4-6H,3,13H2,1-2H3,(H,14,15). The minimum atomic E-state index is -1.13. The van der Waals surface area contributed by atoms with Crippen molar-refractivity contribution in [3.8, 4) is 0 Å². The van der Waals surface area contributed by atoms with Gasteiger partial charge >= 0.3 is 5.97 Å². The van der Waals surface area contributed by atoms with Gasteiger partial charge in [-0.05, 0) is 37.1 Å². The number of hydrogen-bond donors (Lipinski definition) is 2. The van der Waals surface area contributed by atoms with Crippen molar-refractivity contribution in [1.29, 1.82) is 0 Å². The highest BCUT2D eigenvalue weighted by atomic mass is 19.1. The van der Waals surface area contributed by atoms with Crippen LogP contribution < -0.4 is 5.73 Å². The number of aliphatic carboxylic acids is 1. The van der Waals surface area contributed by atoms with Crippen LogP contribution in [0.15, 0.2) is 18.2 Å². The second-order valence-corrected chi connectivity index (χ2v) is 3.72. The van der Waals surface area contributed by atoms with Crippen LogP contribution in [0.2, 0.25) is 0 Å². The van der Waals surface area contributed by atoms with Gasteiger partial charge in [0.15, 0.2) is 0 Å². The molecule has 4 heteroatoms. The summed E-state index contributed by atoms with van der Waals surface area (Å²) in [5, 5.41) is 9.12. The Bertz CT molecular complexity index is 392. The highest BCUT2D eigenvalue weighted by molar-refractivity contribution is 5.83. The maximum Gasteiger partial charge on any atom is 0.313 e. The quantitative estimate of drug-likeness (QED) is 0.753. The molecule has 0 bridgehead atoms. The van der Waals surface area contributed by atoms with Gasteiger partial charge in [0, 0.05) is 5.69 Å². The summed E-state index contributed by atoms with van der Waals surface area (Å²) in [6.07, 6.45) is 0.357.